The average molecular weight is 405 g/mol. The molecule has 29 heavy (non-hydrogen) atoms. The van der Waals surface area contributed by atoms with Crippen molar-refractivity contribution in [2.45, 2.75) is 13.0 Å². The lowest BCUT2D eigenvalue weighted by Gasteiger charge is -2.25. The van der Waals surface area contributed by atoms with E-state index in [-0.39, 0.29) is 11.9 Å². The quantitative estimate of drug-likeness (QED) is 0.517. The number of rotatable bonds is 6. The zero-order valence-electron chi connectivity index (χ0n) is 16.8. The Hall–Kier alpha value is -2.96. The fourth-order valence-corrected chi connectivity index (χ4v) is 4.55. The molecule has 5 nitrogen and oxygen atoms in total. The number of hydrogen-bond donors (Lipinski definition) is 1. The zero-order valence-corrected chi connectivity index (χ0v) is 17.6. The first-order valence-corrected chi connectivity index (χ1v) is 10.4. The second-order valence-electron chi connectivity index (χ2n) is 7.26. The largest absolute Gasteiger partial charge is 0.349 e. The molecule has 1 unspecified atom stereocenters. The van der Waals surface area contributed by atoms with Crippen molar-refractivity contribution in [1.29, 1.82) is 0 Å². The second-order valence-corrected chi connectivity index (χ2v) is 8.29. The molecule has 2 aromatic carbocycles. The van der Waals surface area contributed by atoms with Crippen LogP contribution in [-0.4, -0.2) is 41.2 Å². The number of carbonyl (C=O) groups excluding carboxylic acids is 1. The van der Waals surface area contributed by atoms with E-state index in [1.807, 2.05) is 80.3 Å². The smallest absolute Gasteiger partial charge is 0.261 e. The van der Waals surface area contributed by atoms with E-state index >= 15 is 0 Å². The maximum absolute atomic E-state index is 12.9. The summed E-state index contributed by atoms with van der Waals surface area (Å²) in [6, 6.07) is 22.3. The van der Waals surface area contributed by atoms with E-state index in [2.05, 4.69) is 27.4 Å². The first-order chi connectivity index (χ1) is 14.0. The minimum absolute atomic E-state index is 0.0482. The molecule has 0 aliphatic heterocycles. The summed E-state index contributed by atoms with van der Waals surface area (Å²) in [6.07, 6.45) is 0. The Balaban J connectivity index is 1.56. The first-order valence-electron chi connectivity index (χ1n) is 9.59. The molecular formula is C23H24N4OS. The van der Waals surface area contributed by atoms with Crippen molar-refractivity contribution in [2.75, 3.05) is 20.6 Å². The molecule has 0 aliphatic carbocycles. The molecule has 4 rings (SSSR count). The number of likely N-dealkylation sites (N-methyl/N-ethyl adjacent to an activating group) is 1. The van der Waals surface area contributed by atoms with Gasteiger partial charge in [-0.15, -0.1) is 11.3 Å². The summed E-state index contributed by atoms with van der Waals surface area (Å²) in [7, 11) is 4.06. The minimum Gasteiger partial charge on any atom is -0.349 e. The highest BCUT2D eigenvalue weighted by Crippen LogP contribution is 2.30. The number of fused-ring (bicyclic) bond motifs is 1. The number of aryl methyl sites for hydroxylation is 1. The number of amides is 1. The standard InChI is InChI=1S/C23H24N4OS/c1-16-19-14-21(29-23(19)27(25-16)18-12-8-5-9-13-18)22(28)24-15-20(26(2)3)17-10-6-4-7-11-17/h4-14,20H,15H2,1-3H3,(H,24,28). The molecular weight excluding hydrogens is 380 g/mol. The first kappa shape index (κ1) is 19.4. The van der Waals surface area contributed by atoms with Crippen molar-refractivity contribution < 1.29 is 4.79 Å². The van der Waals surface area contributed by atoms with Crippen molar-refractivity contribution in [1.82, 2.24) is 20.0 Å². The van der Waals surface area contributed by atoms with Gasteiger partial charge in [0.05, 0.1) is 22.3 Å². The third kappa shape index (κ3) is 3.95. The summed E-state index contributed by atoms with van der Waals surface area (Å²) in [5, 5.41) is 8.78. The summed E-state index contributed by atoms with van der Waals surface area (Å²) < 4.78 is 1.92. The molecule has 0 spiro atoms. The van der Waals surface area contributed by atoms with E-state index in [0.29, 0.717) is 11.4 Å². The van der Waals surface area contributed by atoms with Crippen LogP contribution >= 0.6 is 11.3 Å². The van der Waals surface area contributed by atoms with Crippen LogP contribution in [0.4, 0.5) is 0 Å². The Kier molecular flexibility index (Phi) is 5.47. The number of benzene rings is 2. The summed E-state index contributed by atoms with van der Waals surface area (Å²) in [5.41, 5.74) is 3.11. The third-order valence-corrected chi connectivity index (χ3v) is 6.14. The number of hydrogen-bond acceptors (Lipinski definition) is 4. The van der Waals surface area contributed by atoms with Gasteiger partial charge in [0.1, 0.15) is 4.83 Å². The van der Waals surface area contributed by atoms with Crippen LogP contribution in [-0.2, 0) is 0 Å². The summed E-state index contributed by atoms with van der Waals surface area (Å²) in [4.78, 5) is 16.7. The number of para-hydroxylation sites is 1. The van der Waals surface area contributed by atoms with Crippen LogP contribution in [0.5, 0.6) is 0 Å². The third-order valence-electron chi connectivity index (χ3n) is 5.03. The summed E-state index contributed by atoms with van der Waals surface area (Å²) in [6.45, 7) is 2.53. The van der Waals surface area contributed by atoms with E-state index in [0.717, 1.165) is 21.6 Å². The molecule has 0 bridgehead atoms. The van der Waals surface area contributed by atoms with Crippen molar-refractivity contribution >= 4 is 27.5 Å². The van der Waals surface area contributed by atoms with Gasteiger partial charge in [0.2, 0.25) is 0 Å². The highest BCUT2D eigenvalue weighted by atomic mass is 32.1. The summed E-state index contributed by atoms with van der Waals surface area (Å²) >= 11 is 1.48. The average Bonchev–Trinajstić information content (AvgIpc) is 3.30. The minimum atomic E-state index is -0.0482. The summed E-state index contributed by atoms with van der Waals surface area (Å²) in [5.74, 6) is -0.0482. The Morgan fingerprint density at radius 3 is 2.41 bits per heavy atom. The van der Waals surface area contributed by atoms with Crippen LogP contribution in [0, 0.1) is 6.92 Å². The van der Waals surface area contributed by atoms with Crippen molar-refractivity contribution in [3.8, 4) is 5.69 Å². The molecule has 1 N–H and O–H groups in total. The van der Waals surface area contributed by atoms with Gasteiger partial charge in [0.15, 0.2) is 0 Å². The number of nitrogens with zero attached hydrogens (tertiary/aromatic N) is 3. The lowest BCUT2D eigenvalue weighted by atomic mass is 10.1. The van der Waals surface area contributed by atoms with Gasteiger partial charge < -0.3 is 10.2 Å². The van der Waals surface area contributed by atoms with Gasteiger partial charge in [0, 0.05) is 11.9 Å². The Bertz CT molecular complexity index is 1120. The molecule has 0 radical (unpaired) electrons. The van der Waals surface area contributed by atoms with Gasteiger partial charge in [0.25, 0.3) is 5.91 Å². The number of carbonyl (C=O) groups is 1. The number of aromatic nitrogens is 2. The molecule has 1 atom stereocenters. The SMILES string of the molecule is Cc1nn(-c2ccccc2)c2sc(C(=O)NCC(c3ccccc3)N(C)C)cc12. The molecule has 2 heterocycles. The fourth-order valence-electron chi connectivity index (χ4n) is 3.45. The van der Waals surface area contributed by atoms with E-state index in [1.165, 1.54) is 16.9 Å². The van der Waals surface area contributed by atoms with E-state index in [4.69, 9.17) is 0 Å². The van der Waals surface area contributed by atoms with Crippen LogP contribution in [0.3, 0.4) is 0 Å². The van der Waals surface area contributed by atoms with Gasteiger partial charge >= 0.3 is 0 Å². The highest BCUT2D eigenvalue weighted by molar-refractivity contribution is 7.20. The lowest BCUT2D eigenvalue weighted by molar-refractivity contribution is 0.0946. The zero-order chi connectivity index (χ0) is 20.4. The van der Waals surface area contributed by atoms with Crippen LogP contribution in [0.1, 0.15) is 27.0 Å². The van der Waals surface area contributed by atoms with Crippen LogP contribution in [0.2, 0.25) is 0 Å². The molecule has 148 valence electrons. The van der Waals surface area contributed by atoms with Crippen molar-refractivity contribution in [2.24, 2.45) is 0 Å². The molecule has 0 aliphatic rings. The predicted octanol–water partition coefficient (Wildman–Crippen LogP) is 4.43. The number of nitrogens with one attached hydrogen (secondary N) is 1. The Labute approximate surface area is 174 Å². The molecule has 1 amide bonds. The van der Waals surface area contributed by atoms with Crippen molar-refractivity contribution in [3.63, 3.8) is 0 Å². The van der Waals surface area contributed by atoms with Crippen molar-refractivity contribution in [3.05, 3.63) is 82.9 Å². The second kappa shape index (κ2) is 8.19. The maximum atomic E-state index is 12.9. The molecule has 0 saturated carbocycles. The van der Waals surface area contributed by atoms with Gasteiger partial charge in [-0.05, 0) is 44.8 Å². The predicted molar refractivity (Wildman–Crippen MR) is 119 cm³/mol. The van der Waals surface area contributed by atoms with E-state index < -0.39 is 0 Å². The van der Waals surface area contributed by atoms with Crippen LogP contribution in [0.15, 0.2) is 66.7 Å². The normalized spacial score (nSPS) is 12.4. The Morgan fingerprint density at radius 2 is 1.76 bits per heavy atom. The van der Waals surface area contributed by atoms with E-state index in [1.54, 1.807) is 0 Å². The molecule has 2 aromatic heterocycles. The highest BCUT2D eigenvalue weighted by Gasteiger charge is 2.19. The molecule has 0 fully saturated rings. The topological polar surface area (TPSA) is 50.2 Å². The van der Waals surface area contributed by atoms with Gasteiger partial charge in [-0.3, -0.25) is 4.79 Å². The molecule has 0 saturated heterocycles. The van der Waals surface area contributed by atoms with E-state index in [9.17, 15) is 4.79 Å². The molecule has 6 heteroatoms. The Morgan fingerprint density at radius 1 is 1.10 bits per heavy atom. The van der Waals surface area contributed by atoms with Crippen LogP contribution < -0.4 is 5.32 Å². The lowest BCUT2D eigenvalue weighted by Crippen LogP contribution is -2.34. The maximum Gasteiger partial charge on any atom is 0.261 e. The van der Waals surface area contributed by atoms with Crippen LogP contribution in [0.25, 0.3) is 15.9 Å². The van der Waals surface area contributed by atoms with Gasteiger partial charge in [-0.2, -0.15) is 5.10 Å². The molecule has 4 aromatic rings. The van der Waals surface area contributed by atoms with Gasteiger partial charge in [-0.1, -0.05) is 48.5 Å². The number of thiophene rings is 1. The monoisotopic (exact) mass is 404 g/mol. The fraction of sp³-hybridized carbons (Fsp3) is 0.217. The van der Waals surface area contributed by atoms with Gasteiger partial charge in [-0.25, -0.2) is 4.68 Å².